The van der Waals surface area contributed by atoms with E-state index in [0.717, 1.165) is 56.0 Å². The molecule has 1 saturated heterocycles. The van der Waals surface area contributed by atoms with Gasteiger partial charge in [-0.25, -0.2) is 4.98 Å². The fraction of sp³-hybridized carbons (Fsp3) is 0.286. The Kier molecular flexibility index (Phi) is 6.92. The maximum absolute atomic E-state index is 13.0. The Morgan fingerprint density at radius 1 is 1.08 bits per heavy atom. The number of carbonyl (C=O) groups excluding carboxylic acids is 1. The number of piperidine rings is 1. The van der Waals surface area contributed by atoms with Gasteiger partial charge in [-0.05, 0) is 43.5 Å². The highest BCUT2D eigenvalue weighted by atomic mass is 32.1. The molecule has 0 unspecified atom stereocenters. The van der Waals surface area contributed by atoms with E-state index in [9.17, 15) is 18.0 Å². The summed E-state index contributed by atoms with van der Waals surface area (Å²) in [5, 5.41) is 2.50. The molecule has 2 aromatic carbocycles. The minimum absolute atomic E-state index is 0.186. The van der Waals surface area contributed by atoms with Crippen LogP contribution in [0.5, 0.6) is 0 Å². The van der Waals surface area contributed by atoms with Crippen molar-refractivity contribution in [2.75, 3.05) is 13.1 Å². The van der Waals surface area contributed by atoms with E-state index in [0.29, 0.717) is 21.8 Å². The van der Waals surface area contributed by atoms with Crippen molar-refractivity contribution in [3.8, 4) is 22.0 Å². The second-order valence-corrected chi connectivity index (χ2v) is 10.2. The zero-order valence-electron chi connectivity index (χ0n) is 20.3. The fourth-order valence-electron chi connectivity index (χ4n) is 5.04. The number of rotatable bonds is 6. The first kappa shape index (κ1) is 25.2. The van der Waals surface area contributed by atoms with Crippen LogP contribution in [0.1, 0.15) is 46.1 Å². The molecular formula is C28H27F3N4OS. The number of nitrogens with two attached hydrogens (primary N) is 1. The Hall–Kier alpha value is -3.43. The van der Waals surface area contributed by atoms with Crippen molar-refractivity contribution in [2.45, 2.75) is 38.5 Å². The molecule has 1 aliphatic heterocycles. The molecule has 2 aromatic heterocycles. The number of nitrogens with zero attached hydrogens (tertiary/aromatic N) is 3. The summed E-state index contributed by atoms with van der Waals surface area (Å²) in [7, 11) is 0. The van der Waals surface area contributed by atoms with Gasteiger partial charge in [-0.15, -0.1) is 11.3 Å². The average Bonchev–Trinajstić information content (AvgIpc) is 3.50. The van der Waals surface area contributed by atoms with Gasteiger partial charge in [0.25, 0.3) is 5.91 Å². The predicted octanol–water partition coefficient (Wildman–Crippen LogP) is 6.54. The van der Waals surface area contributed by atoms with Crippen molar-refractivity contribution >= 4 is 17.2 Å². The van der Waals surface area contributed by atoms with Gasteiger partial charge in [-0.2, -0.15) is 13.2 Å². The minimum Gasteiger partial charge on any atom is -0.366 e. The number of likely N-dealkylation sites (tertiary alicyclic amines) is 1. The van der Waals surface area contributed by atoms with Crippen molar-refractivity contribution in [2.24, 2.45) is 5.73 Å². The molecule has 4 aromatic rings. The molecule has 0 aliphatic carbocycles. The molecule has 2 N–H and O–H groups in total. The maximum atomic E-state index is 13.0. The number of alkyl halides is 3. The Morgan fingerprint density at radius 2 is 1.76 bits per heavy atom. The van der Waals surface area contributed by atoms with Crippen LogP contribution < -0.4 is 5.73 Å². The van der Waals surface area contributed by atoms with E-state index >= 15 is 0 Å². The van der Waals surface area contributed by atoms with E-state index in [2.05, 4.69) is 33.7 Å². The van der Waals surface area contributed by atoms with Crippen molar-refractivity contribution in [3.05, 3.63) is 88.4 Å². The van der Waals surface area contributed by atoms with E-state index in [1.54, 1.807) is 6.07 Å². The Morgan fingerprint density at radius 3 is 2.38 bits per heavy atom. The number of aromatic nitrogens is 2. The summed E-state index contributed by atoms with van der Waals surface area (Å²) in [5.74, 6) is -0.489. The molecule has 1 fully saturated rings. The Labute approximate surface area is 217 Å². The third kappa shape index (κ3) is 5.33. The van der Waals surface area contributed by atoms with Crippen LogP contribution in [0.3, 0.4) is 0 Å². The zero-order chi connectivity index (χ0) is 26.2. The Balaban J connectivity index is 1.40. The van der Waals surface area contributed by atoms with E-state index in [1.165, 1.54) is 29.0 Å². The lowest BCUT2D eigenvalue weighted by molar-refractivity contribution is -0.137. The zero-order valence-corrected chi connectivity index (χ0v) is 21.1. The number of amides is 1. The van der Waals surface area contributed by atoms with Gasteiger partial charge in [0.15, 0.2) is 0 Å². The summed E-state index contributed by atoms with van der Waals surface area (Å²) < 4.78 is 41.0. The van der Waals surface area contributed by atoms with Gasteiger partial charge in [0.2, 0.25) is 0 Å². The summed E-state index contributed by atoms with van der Waals surface area (Å²) in [6.07, 6.45) is -2.54. The molecule has 0 radical (unpaired) electrons. The Bertz CT molecular complexity index is 1390. The highest BCUT2D eigenvalue weighted by molar-refractivity contribution is 7.13. The summed E-state index contributed by atoms with van der Waals surface area (Å²) in [4.78, 5) is 19.4. The fourth-order valence-corrected chi connectivity index (χ4v) is 5.86. The molecule has 192 valence electrons. The molecule has 0 spiro atoms. The average molecular weight is 525 g/mol. The smallest absolute Gasteiger partial charge is 0.366 e. The summed E-state index contributed by atoms with van der Waals surface area (Å²) in [6, 6.07) is 17.4. The highest BCUT2D eigenvalue weighted by Gasteiger charge is 2.30. The van der Waals surface area contributed by atoms with Crippen LogP contribution in [-0.4, -0.2) is 33.4 Å². The van der Waals surface area contributed by atoms with Crippen LogP contribution in [0.4, 0.5) is 13.2 Å². The van der Waals surface area contributed by atoms with Gasteiger partial charge in [0.05, 0.1) is 22.5 Å². The number of hydrogen-bond donors (Lipinski definition) is 1. The molecular weight excluding hydrogens is 497 g/mol. The molecule has 9 heteroatoms. The van der Waals surface area contributed by atoms with Gasteiger partial charge in [0, 0.05) is 42.3 Å². The van der Waals surface area contributed by atoms with Crippen LogP contribution in [0.2, 0.25) is 0 Å². The van der Waals surface area contributed by atoms with Gasteiger partial charge in [0.1, 0.15) is 5.01 Å². The minimum atomic E-state index is -4.38. The van der Waals surface area contributed by atoms with Crippen molar-refractivity contribution in [1.29, 1.82) is 0 Å². The number of primary amides is 1. The lowest BCUT2D eigenvalue weighted by atomic mass is 10.0. The van der Waals surface area contributed by atoms with Crippen LogP contribution in [-0.2, 0) is 12.7 Å². The molecule has 0 bridgehead atoms. The lowest BCUT2D eigenvalue weighted by Gasteiger charge is -2.34. The monoisotopic (exact) mass is 524 g/mol. The molecule has 5 rings (SSSR count). The first-order chi connectivity index (χ1) is 17.7. The van der Waals surface area contributed by atoms with E-state index in [-0.39, 0.29) is 6.04 Å². The number of halogens is 3. The van der Waals surface area contributed by atoms with Crippen molar-refractivity contribution in [1.82, 2.24) is 14.5 Å². The van der Waals surface area contributed by atoms with Gasteiger partial charge in [-0.3, -0.25) is 9.69 Å². The molecule has 3 heterocycles. The lowest BCUT2D eigenvalue weighted by Crippen LogP contribution is -2.34. The van der Waals surface area contributed by atoms with E-state index < -0.39 is 17.6 Å². The van der Waals surface area contributed by atoms with Gasteiger partial charge < -0.3 is 10.3 Å². The SMILES string of the molecule is Cc1c(C(N)=O)cc(-c2csc(-c3ccc(C(F)(F)F)cc3)n2)n1C1CCN(Cc2ccccc2)CC1. The van der Waals surface area contributed by atoms with Crippen LogP contribution in [0, 0.1) is 6.92 Å². The molecule has 37 heavy (non-hydrogen) atoms. The van der Waals surface area contributed by atoms with E-state index in [4.69, 9.17) is 10.7 Å². The number of hydrogen-bond acceptors (Lipinski definition) is 4. The molecule has 1 aliphatic rings. The van der Waals surface area contributed by atoms with Crippen molar-refractivity contribution in [3.63, 3.8) is 0 Å². The predicted molar refractivity (Wildman–Crippen MR) is 139 cm³/mol. The summed E-state index contributed by atoms with van der Waals surface area (Å²) in [6.45, 7) is 4.66. The maximum Gasteiger partial charge on any atom is 0.416 e. The molecule has 0 saturated carbocycles. The van der Waals surface area contributed by atoms with Gasteiger partial charge in [-0.1, -0.05) is 42.5 Å². The third-order valence-corrected chi connectivity index (χ3v) is 7.85. The quantitative estimate of drug-likeness (QED) is 0.311. The summed E-state index contributed by atoms with van der Waals surface area (Å²) in [5.41, 5.74) is 9.66. The first-order valence-corrected chi connectivity index (χ1v) is 13.0. The van der Waals surface area contributed by atoms with Crippen molar-refractivity contribution < 1.29 is 18.0 Å². The molecule has 5 nitrogen and oxygen atoms in total. The third-order valence-electron chi connectivity index (χ3n) is 6.95. The largest absolute Gasteiger partial charge is 0.416 e. The van der Waals surface area contributed by atoms with Gasteiger partial charge >= 0.3 is 6.18 Å². The summed E-state index contributed by atoms with van der Waals surface area (Å²) >= 11 is 1.36. The standard InChI is InChI=1S/C28H27F3N4OS/c1-18-23(26(32)36)15-25(24-17-37-27(33-24)20-7-9-21(10-8-20)28(29,30)31)35(18)22-11-13-34(14-12-22)16-19-5-3-2-4-6-19/h2-10,15,17,22H,11-14,16H2,1H3,(H2,32,36). The first-order valence-electron chi connectivity index (χ1n) is 12.1. The second-order valence-electron chi connectivity index (χ2n) is 9.37. The van der Waals surface area contributed by atoms with Crippen LogP contribution >= 0.6 is 11.3 Å². The number of benzene rings is 2. The molecule has 0 atom stereocenters. The topological polar surface area (TPSA) is 64.2 Å². The highest BCUT2D eigenvalue weighted by Crippen LogP contribution is 2.37. The van der Waals surface area contributed by atoms with Crippen LogP contribution in [0.15, 0.2) is 66.0 Å². The molecule has 1 amide bonds. The van der Waals surface area contributed by atoms with E-state index in [1.807, 2.05) is 18.4 Å². The normalized spacial score (nSPS) is 15.2. The number of thiazole rings is 1. The number of carbonyl (C=O) groups is 1. The van der Waals surface area contributed by atoms with Crippen LogP contribution in [0.25, 0.3) is 22.0 Å². The second kappa shape index (κ2) is 10.1.